The third-order valence-corrected chi connectivity index (χ3v) is 3.81. The molecule has 0 unspecified atom stereocenters. The minimum absolute atomic E-state index is 0.148. The van der Waals surface area contributed by atoms with Crippen molar-refractivity contribution in [2.24, 2.45) is 0 Å². The van der Waals surface area contributed by atoms with E-state index in [1.165, 1.54) is 57.4 Å². The van der Waals surface area contributed by atoms with Gasteiger partial charge in [0.25, 0.3) is 0 Å². The lowest BCUT2D eigenvalue weighted by molar-refractivity contribution is 0.433. The topological polar surface area (TPSA) is 40.5 Å². The fourth-order valence-electron chi connectivity index (χ4n) is 2.82. The van der Waals surface area contributed by atoms with E-state index in [-0.39, 0.29) is 11.5 Å². The second-order valence-electron chi connectivity index (χ2n) is 5.14. The second kappa shape index (κ2) is 5.95. The van der Waals surface area contributed by atoms with Gasteiger partial charge in [0.05, 0.1) is 0 Å². The Kier molecular flexibility index (Phi) is 4.29. The number of phenolic OH excluding ortho intramolecular Hbond substituents is 2. The van der Waals surface area contributed by atoms with Crippen molar-refractivity contribution in [3.8, 4) is 11.5 Å². The third-order valence-electron chi connectivity index (χ3n) is 3.81. The minimum atomic E-state index is 0.148. The Morgan fingerprint density at radius 3 is 2.00 bits per heavy atom. The zero-order valence-electron chi connectivity index (χ0n) is 10.4. The molecule has 2 N–H and O–H groups in total. The molecule has 1 aliphatic rings. The fourth-order valence-corrected chi connectivity index (χ4v) is 2.82. The van der Waals surface area contributed by atoms with E-state index in [9.17, 15) is 10.2 Å². The Morgan fingerprint density at radius 2 is 1.41 bits per heavy atom. The molecule has 2 heteroatoms. The van der Waals surface area contributed by atoms with Crippen LogP contribution in [-0.4, -0.2) is 10.2 Å². The average molecular weight is 234 g/mol. The molecule has 1 aliphatic carbocycles. The Balaban J connectivity index is 2.11. The number of aromatic hydroxyl groups is 2. The molecule has 0 spiro atoms. The van der Waals surface area contributed by atoms with Gasteiger partial charge in [-0.05, 0) is 30.4 Å². The van der Waals surface area contributed by atoms with Crippen molar-refractivity contribution in [1.82, 2.24) is 0 Å². The lowest BCUT2D eigenvalue weighted by atomic mass is 9.89. The highest BCUT2D eigenvalue weighted by molar-refractivity contribution is 5.41. The lowest BCUT2D eigenvalue weighted by Gasteiger charge is -2.17. The molecule has 0 radical (unpaired) electrons. The molecule has 1 aromatic carbocycles. The maximum atomic E-state index is 9.92. The first-order valence-corrected chi connectivity index (χ1v) is 6.79. The summed E-state index contributed by atoms with van der Waals surface area (Å²) in [4.78, 5) is 0. The van der Waals surface area contributed by atoms with Crippen LogP contribution >= 0.6 is 0 Å². The van der Waals surface area contributed by atoms with E-state index >= 15 is 0 Å². The predicted molar refractivity (Wildman–Crippen MR) is 69.4 cm³/mol. The molecule has 1 fully saturated rings. The van der Waals surface area contributed by atoms with Crippen LogP contribution in [0.4, 0.5) is 0 Å². The molecule has 0 saturated heterocycles. The quantitative estimate of drug-likeness (QED) is 0.760. The summed E-state index contributed by atoms with van der Waals surface area (Å²) in [6, 6.07) is 5.02. The van der Waals surface area contributed by atoms with Gasteiger partial charge in [-0.25, -0.2) is 0 Å². The van der Waals surface area contributed by atoms with E-state index in [0.717, 1.165) is 5.56 Å². The van der Waals surface area contributed by atoms with E-state index in [2.05, 4.69) is 0 Å². The number of benzene rings is 1. The molecular formula is C15H22O2. The summed E-state index contributed by atoms with van der Waals surface area (Å²) in [7, 11) is 0. The van der Waals surface area contributed by atoms with Gasteiger partial charge in [0.2, 0.25) is 0 Å². The smallest absolute Gasteiger partial charge is 0.122 e. The summed E-state index contributed by atoms with van der Waals surface area (Å²) in [5.74, 6) is 0.872. The van der Waals surface area contributed by atoms with Gasteiger partial charge in [0.1, 0.15) is 11.5 Å². The van der Waals surface area contributed by atoms with Crippen molar-refractivity contribution in [3.63, 3.8) is 0 Å². The zero-order valence-corrected chi connectivity index (χ0v) is 10.4. The molecule has 0 heterocycles. The highest BCUT2D eigenvalue weighted by Gasteiger charge is 2.16. The highest BCUT2D eigenvalue weighted by Crippen LogP contribution is 2.36. The van der Waals surface area contributed by atoms with Gasteiger partial charge in [-0.2, -0.15) is 0 Å². The van der Waals surface area contributed by atoms with E-state index in [1.54, 1.807) is 6.07 Å². The molecule has 17 heavy (non-hydrogen) atoms. The van der Waals surface area contributed by atoms with Crippen LogP contribution < -0.4 is 0 Å². The monoisotopic (exact) mass is 234 g/mol. The fraction of sp³-hybridized carbons (Fsp3) is 0.600. The van der Waals surface area contributed by atoms with Gasteiger partial charge < -0.3 is 10.2 Å². The van der Waals surface area contributed by atoms with Gasteiger partial charge in [-0.1, -0.05) is 44.6 Å². The summed E-state index contributed by atoms with van der Waals surface area (Å²) < 4.78 is 0. The number of hydrogen-bond donors (Lipinski definition) is 2. The highest BCUT2D eigenvalue weighted by atomic mass is 16.3. The molecule has 0 aromatic heterocycles. The molecule has 0 amide bonds. The van der Waals surface area contributed by atoms with Gasteiger partial charge in [0.15, 0.2) is 0 Å². The normalized spacial score (nSPS) is 19.3. The number of phenols is 2. The van der Waals surface area contributed by atoms with Gasteiger partial charge >= 0.3 is 0 Å². The Morgan fingerprint density at radius 1 is 0.824 bits per heavy atom. The Hall–Kier alpha value is -1.18. The lowest BCUT2D eigenvalue weighted by Crippen LogP contribution is -1.99. The van der Waals surface area contributed by atoms with Crippen molar-refractivity contribution in [3.05, 3.63) is 23.8 Å². The molecule has 94 valence electrons. The minimum Gasteiger partial charge on any atom is -0.508 e. The average Bonchev–Trinajstić information content (AvgIpc) is 2.42. The molecule has 2 nitrogen and oxygen atoms in total. The van der Waals surface area contributed by atoms with Crippen molar-refractivity contribution >= 4 is 0 Å². The Labute approximate surface area is 103 Å². The van der Waals surface area contributed by atoms with Crippen molar-refractivity contribution in [2.45, 2.75) is 57.3 Å². The van der Waals surface area contributed by atoms with Crippen molar-refractivity contribution < 1.29 is 10.2 Å². The summed E-state index contributed by atoms with van der Waals surface area (Å²) >= 11 is 0. The van der Waals surface area contributed by atoms with Crippen molar-refractivity contribution in [1.29, 1.82) is 0 Å². The van der Waals surface area contributed by atoms with Gasteiger partial charge in [0, 0.05) is 6.07 Å². The largest absolute Gasteiger partial charge is 0.508 e. The first-order valence-electron chi connectivity index (χ1n) is 6.79. The molecule has 1 aromatic rings. The van der Waals surface area contributed by atoms with Gasteiger partial charge in [-0.15, -0.1) is 0 Å². The molecule has 1 saturated carbocycles. The summed E-state index contributed by atoms with van der Waals surface area (Å²) in [5.41, 5.74) is 1.02. The Bertz CT molecular complexity index is 350. The van der Waals surface area contributed by atoms with E-state index < -0.39 is 0 Å². The number of rotatable bonds is 1. The van der Waals surface area contributed by atoms with Crippen LogP contribution in [0, 0.1) is 0 Å². The van der Waals surface area contributed by atoms with Crippen LogP contribution in [0.25, 0.3) is 0 Å². The van der Waals surface area contributed by atoms with Crippen LogP contribution in [0.15, 0.2) is 18.2 Å². The predicted octanol–water partition coefficient (Wildman–Crippen LogP) is 4.32. The summed E-state index contributed by atoms with van der Waals surface area (Å²) in [6.45, 7) is 0. The van der Waals surface area contributed by atoms with Crippen LogP contribution in [0.2, 0.25) is 0 Å². The first-order chi connectivity index (χ1) is 8.27. The second-order valence-corrected chi connectivity index (χ2v) is 5.14. The third kappa shape index (κ3) is 3.39. The van der Waals surface area contributed by atoms with Crippen LogP contribution in [0.1, 0.15) is 62.8 Å². The van der Waals surface area contributed by atoms with Gasteiger partial charge in [-0.3, -0.25) is 0 Å². The standard InChI is InChI=1S/C15H22O2/c16-13-9-10-14(15(17)11-13)12-7-5-3-1-2-4-6-8-12/h9-12,16-17H,1-8H2. The van der Waals surface area contributed by atoms with E-state index in [1.807, 2.05) is 6.07 Å². The summed E-state index contributed by atoms with van der Waals surface area (Å²) in [5, 5.41) is 19.2. The molecule has 2 rings (SSSR count). The maximum absolute atomic E-state index is 9.92. The number of hydrogen-bond acceptors (Lipinski definition) is 2. The SMILES string of the molecule is Oc1ccc(C2CCCCCCCC2)c(O)c1. The van der Waals surface area contributed by atoms with E-state index in [4.69, 9.17) is 0 Å². The van der Waals surface area contributed by atoms with E-state index in [0.29, 0.717) is 5.92 Å². The zero-order chi connectivity index (χ0) is 12.1. The van der Waals surface area contributed by atoms with Crippen LogP contribution in [0.3, 0.4) is 0 Å². The first kappa shape index (κ1) is 12.3. The van der Waals surface area contributed by atoms with Crippen molar-refractivity contribution in [2.75, 3.05) is 0 Å². The molecule has 0 bridgehead atoms. The molecule has 0 atom stereocenters. The molecular weight excluding hydrogens is 212 g/mol. The molecule has 0 aliphatic heterocycles. The van der Waals surface area contributed by atoms with Crippen LogP contribution in [0.5, 0.6) is 11.5 Å². The summed E-state index contributed by atoms with van der Waals surface area (Å²) in [6.07, 6.45) is 10.2. The van der Waals surface area contributed by atoms with Crippen LogP contribution in [-0.2, 0) is 0 Å². The maximum Gasteiger partial charge on any atom is 0.122 e.